The molecule has 7 heteroatoms. The van der Waals surface area contributed by atoms with Crippen LogP contribution in [-0.4, -0.2) is 26.9 Å². The predicted octanol–water partition coefficient (Wildman–Crippen LogP) is 1.97. The average Bonchev–Trinajstić information content (AvgIpc) is 2.14. The second-order valence-electron chi connectivity index (χ2n) is 2.88. The molecule has 1 atom stereocenters. The minimum Gasteiger partial charge on any atom is -0.393 e. The molecule has 0 amide bonds. The largest absolute Gasteiger partial charge is 0.433 e. The lowest BCUT2D eigenvalue weighted by atomic mass is 10.4. The second kappa shape index (κ2) is 4.80. The second-order valence-corrected chi connectivity index (χ2v) is 3.87. The lowest BCUT2D eigenvalue weighted by Gasteiger charge is -2.07. The Hall–Kier alpha value is -0.820. The molecule has 0 aliphatic heterocycles. The summed E-state index contributed by atoms with van der Waals surface area (Å²) < 4.78 is 36.7. The zero-order valence-electron chi connectivity index (χ0n) is 7.82. The molecule has 0 saturated carbocycles. The van der Waals surface area contributed by atoms with Gasteiger partial charge in [-0.1, -0.05) is 11.8 Å². The van der Waals surface area contributed by atoms with Crippen LogP contribution in [0.3, 0.4) is 0 Å². The van der Waals surface area contributed by atoms with Crippen molar-refractivity contribution in [1.82, 2.24) is 9.97 Å². The van der Waals surface area contributed by atoms with Crippen LogP contribution in [0.15, 0.2) is 17.4 Å². The van der Waals surface area contributed by atoms with E-state index in [1.807, 2.05) is 0 Å². The van der Waals surface area contributed by atoms with E-state index in [1.54, 1.807) is 6.92 Å². The molecule has 3 nitrogen and oxygen atoms in total. The van der Waals surface area contributed by atoms with Crippen LogP contribution >= 0.6 is 11.8 Å². The number of nitrogens with zero attached hydrogens (tertiary/aromatic N) is 2. The van der Waals surface area contributed by atoms with E-state index in [1.165, 1.54) is 0 Å². The summed E-state index contributed by atoms with van der Waals surface area (Å²) in [5, 5.41) is 8.96. The zero-order valence-corrected chi connectivity index (χ0v) is 8.64. The molecule has 1 heterocycles. The molecule has 1 aromatic rings. The molecule has 0 bridgehead atoms. The first-order valence-electron chi connectivity index (χ1n) is 4.10. The van der Waals surface area contributed by atoms with Crippen molar-refractivity contribution >= 4 is 11.8 Å². The summed E-state index contributed by atoms with van der Waals surface area (Å²) in [4.78, 5) is 7.00. The van der Waals surface area contributed by atoms with E-state index >= 15 is 0 Å². The van der Waals surface area contributed by atoms with E-state index in [0.717, 1.165) is 24.0 Å². The topological polar surface area (TPSA) is 46.0 Å². The van der Waals surface area contributed by atoms with Gasteiger partial charge in [0.1, 0.15) is 5.69 Å². The number of aliphatic hydroxyl groups excluding tert-OH is 1. The summed E-state index contributed by atoms with van der Waals surface area (Å²) in [6, 6.07) is 0.812. The summed E-state index contributed by atoms with van der Waals surface area (Å²) in [5.41, 5.74) is -0.967. The van der Waals surface area contributed by atoms with Crippen molar-refractivity contribution in [3.05, 3.63) is 18.0 Å². The fourth-order valence-corrected chi connectivity index (χ4v) is 1.45. The van der Waals surface area contributed by atoms with Gasteiger partial charge in [0.2, 0.25) is 0 Å². The van der Waals surface area contributed by atoms with Gasteiger partial charge in [-0.3, -0.25) is 0 Å². The summed E-state index contributed by atoms with van der Waals surface area (Å²) in [5.74, 6) is 0.265. The first-order valence-corrected chi connectivity index (χ1v) is 5.09. The Morgan fingerprint density at radius 2 is 2.20 bits per heavy atom. The maximum absolute atomic E-state index is 12.2. The molecule has 0 fully saturated rings. The lowest BCUT2D eigenvalue weighted by Crippen LogP contribution is -2.09. The van der Waals surface area contributed by atoms with Gasteiger partial charge in [-0.05, 0) is 13.0 Å². The van der Waals surface area contributed by atoms with Crippen molar-refractivity contribution in [2.24, 2.45) is 0 Å². The van der Waals surface area contributed by atoms with Crippen LogP contribution in [0.5, 0.6) is 0 Å². The van der Waals surface area contributed by atoms with Crippen LogP contribution in [0, 0.1) is 0 Å². The number of alkyl halides is 3. The molecule has 0 aromatic carbocycles. The summed E-state index contributed by atoms with van der Waals surface area (Å²) in [7, 11) is 0. The summed E-state index contributed by atoms with van der Waals surface area (Å²) >= 11 is 0.987. The number of halogens is 3. The van der Waals surface area contributed by atoms with E-state index < -0.39 is 18.0 Å². The summed E-state index contributed by atoms with van der Waals surface area (Å²) in [6.45, 7) is 1.54. The molecule has 0 radical (unpaired) electrons. The highest BCUT2D eigenvalue weighted by Crippen LogP contribution is 2.28. The first-order chi connectivity index (χ1) is 6.89. The van der Waals surface area contributed by atoms with E-state index in [9.17, 15) is 13.2 Å². The molecular weight excluding hydrogens is 229 g/mol. The molecule has 15 heavy (non-hydrogen) atoms. The van der Waals surface area contributed by atoms with Gasteiger partial charge in [0.15, 0.2) is 5.16 Å². The van der Waals surface area contributed by atoms with Gasteiger partial charge >= 0.3 is 6.18 Å². The molecule has 0 aliphatic rings. The first kappa shape index (κ1) is 12.3. The average molecular weight is 238 g/mol. The molecular formula is C8H9F3N2OS. The quantitative estimate of drug-likeness (QED) is 0.646. The standard InChI is InChI=1S/C8H9F3N2OS/c1-5(14)4-15-7-12-3-2-6(13-7)8(9,10)11/h2-3,5,14H,4H2,1H3. The Balaban J connectivity index is 2.75. The van der Waals surface area contributed by atoms with Gasteiger partial charge in [0, 0.05) is 11.9 Å². The maximum atomic E-state index is 12.2. The minimum absolute atomic E-state index is 0.0192. The van der Waals surface area contributed by atoms with E-state index in [2.05, 4.69) is 9.97 Å². The molecule has 1 N–H and O–H groups in total. The lowest BCUT2D eigenvalue weighted by molar-refractivity contribution is -0.141. The SMILES string of the molecule is CC(O)CSc1nccc(C(F)(F)F)n1. The van der Waals surface area contributed by atoms with Crippen LogP contribution in [0.25, 0.3) is 0 Å². The Morgan fingerprint density at radius 3 is 2.73 bits per heavy atom. The van der Waals surface area contributed by atoms with Crippen molar-refractivity contribution in [2.75, 3.05) is 5.75 Å². The molecule has 0 saturated heterocycles. The van der Waals surface area contributed by atoms with Crippen LogP contribution < -0.4 is 0 Å². The summed E-state index contributed by atoms with van der Waals surface area (Å²) in [6.07, 6.45) is -4.00. The van der Waals surface area contributed by atoms with Crippen LogP contribution in [0.4, 0.5) is 13.2 Å². The van der Waals surface area contributed by atoms with Crippen LogP contribution in [0.1, 0.15) is 12.6 Å². The van der Waals surface area contributed by atoms with Crippen molar-refractivity contribution in [3.8, 4) is 0 Å². The van der Waals surface area contributed by atoms with E-state index in [-0.39, 0.29) is 10.9 Å². The zero-order chi connectivity index (χ0) is 11.5. The van der Waals surface area contributed by atoms with E-state index in [4.69, 9.17) is 5.11 Å². The number of hydrogen-bond acceptors (Lipinski definition) is 4. The maximum Gasteiger partial charge on any atom is 0.433 e. The Bertz CT molecular complexity index is 330. The van der Waals surface area contributed by atoms with Crippen molar-refractivity contribution in [2.45, 2.75) is 24.4 Å². The van der Waals surface area contributed by atoms with Crippen LogP contribution in [-0.2, 0) is 6.18 Å². The molecule has 84 valence electrons. The fraction of sp³-hybridized carbons (Fsp3) is 0.500. The van der Waals surface area contributed by atoms with Gasteiger partial charge in [0.25, 0.3) is 0 Å². The minimum atomic E-state index is -4.46. The van der Waals surface area contributed by atoms with Gasteiger partial charge in [-0.2, -0.15) is 13.2 Å². The van der Waals surface area contributed by atoms with Crippen molar-refractivity contribution in [3.63, 3.8) is 0 Å². The Morgan fingerprint density at radius 1 is 1.53 bits per heavy atom. The highest BCUT2D eigenvalue weighted by molar-refractivity contribution is 7.99. The number of thioether (sulfide) groups is 1. The Kier molecular flexibility index (Phi) is 3.92. The number of rotatable bonds is 3. The van der Waals surface area contributed by atoms with Gasteiger partial charge in [-0.15, -0.1) is 0 Å². The molecule has 1 aromatic heterocycles. The molecule has 1 unspecified atom stereocenters. The molecule has 1 rings (SSSR count). The molecule has 0 aliphatic carbocycles. The van der Waals surface area contributed by atoms with Crippen molar-refractivity contribution in [1.29, 1.82) is 0 Å². The van der Waals surface area contributed by atoms with Crippen molar-refractivity contribution < 1.29 is 18.3 Å². The number of aliphatic hydroxyl groups is 1. The van der Waals surface area contributed by atoms with Gasteiger partial charge in [-0.25, -0.2) is 9.97 Å². The third kappa shape index (κ3) is 4.05. The third-order valence-corrected chi connectivity index (χ3v) is 2.48. The van der Waals surface area contributed by atoms with Gasteiger partial charge < -0.3 is 5.11 Å². The number of hydrogen-bond donors (Lipinski definition) is 1. The fourth-order valence-electron chi connectivity index (χ4n) is 0.763. The third-order valence-electron chi connectivity index (χ3n) is 1.38. The van der Waals surface area contributed by atoms with Crippen LogP contribution in [0.2, 0.25) is 0 Å². The number of aromatic nitrogens is 2. The highest BCUT2D eigenvalue weighted by atomic mass is 32.2. The highest BCUT2D eigenvalue weighted by Gasteiger charge is 2.32. The smallest absolute Gasteiger partial charge is 0.393 e. The van der Waals surface area contributed by atoms with Gasteiger partial charge in [0.05, 0.1) is 6.10 Å². The predicted molar refractivity (Wildman–Crippen MR) is 49.4 cm³/mol. The normalized spacial score (nSPS) is 13.9. The van der Waals surface area contributed by atoms with E-state index in [0.29, 0.717) is 0 Å². The monoisotopic (exact) mass is 238 g/mol. The molecule has 0 spiro atoms. The Labute approximate surface area is 88.7 Å².